The molecule has 156 valence electrons. The summed E-state index contributed by atoms with van der Waals surface area (Å²) in [5.74, 6) is 1.57. The summed E-state index contributed by atoms with van der Waals surface area (Å²) < 4.78 is 7.00. The van der Waals surface area contributed by atoms with E-state index in [0.717, 1.165) is 67.1 Å². The second kappa shape index (κ2) is 8.13. The molecule has 7 heteroatoms. The Balaban J connectivity index is 1.59. The molecular weight excluding hydrogens is 444 g/mol. The predicted octanol–water partition coefficient (Wildman–Crippen LogP) is 3.73. The second-order valence-corrected chi connectivity index (χ2v) is 9.22. The van der Waals surface area contributed by atoms with Crippen LogP contribution < -0.4 is 5.56 Å². The molecule has 2 aromatic heterocycles. The first-order valence-corrected chi connectivity index (χ1v) is 11.3. The molecule has 0 radical (unpaired) electrons. The van der Waals surface area contributed by atoms with Gasteiger partial charge in [0.25, 0.3) is 5.56 Å². The molecule has 1 aromatic carbocycles. The summed E-state index contributed by atoms with van der Waals surface area (Å²) in [5, 5.41) is 0. The van der Waals surface area contributed by atoms with E-state index >= 15 is 0 Å². The minimum Gasteiger partial charge on any atom is -0.453 e. The first kappa shape index (κ1) is 19.7. The molecule has 0 bridgehead atoms. The molecule has 30 heavy (non-hydrogen) atoms. The summed E-state index contributed by atoms with van der Waals surface area (Å²) in [4.78, 5) is 25.7. The zero-order chi connectivity index (χ0) is 20.7. The standard InChI is InChI=1S/C23H25BrN4O2/c1-27-9-11-28(12-10-27)18(13-15-5-3-2-4-6-15)22-25-20-17-14-16(24)7-8-19(17)30-21(20)23(29)26-22/h2-6,14,18H,7-13H2,1H3,(H,25,26,29). The Morgan fingerprint density at radius 1 is 1.17 bits per heavy atom. The number of nitrogens with zero attached hydrogens (tertiary/aromatic N) is 3. The van der Waals surface area contributed by atoms with Gasteiger partial charge in [-0.3, -0.25) is 9.69 Å². The number of nitrogens with one attached hydrogen (secondary N) is 1. The normalized spacial score (nSPS) is 18.9. The predicted molar refractivity (Wildman–Crippen MR) is 122 cm³/mol. The van der Waals surface area contributed by atoms with E-state index in [1.165, 1.54) is 5.56 Å². The number of fused-ring (bicyclic) bond motifs is 3. The van der Waals surface area contributed by atoms with Gasteiger partial charge in [-0.1, -0.05) is 46.3 Å². The maximum Gasteiger partial charge on any atom is 0.294 e. The molecule has 0 saturated carbocycles. The van der Waals surface area contributed by atoms with E-state index < -0.39 is 0 Å². The molecule has 1 unspecified atom stereocenters. The van der Waals surface area contributed by atoms with Gasteiger partial charge in [-0.25, -0.2) is 4.98 Å². The highest BCUT2D eigenvalue weighted by molar-refractivity contribution is 9.11. The minimum atomic E-state index is -0.193. The van der Waals surface area contributed by atoms with E-state index in [4.69, 9.17) is 9.40 Å². The van der Waals surface area contributed by atoms with Gasteiger partial charge in [-0.15, -0.1) is 0 Å². The molecule has 3 heterocycles. The highest BCUT2D eigenvalue weighted by atomic mass is 79.9. The van der Waals surface area contributed by atoms with Crippen LogP contribution in [0.15, 0.2) is 44.0 Å². The van der Waals surface area contributed by atoms with E-state index in [1.54, 1.807) is 0 Å². The fourth-order valence-corrected chi connectivity index (χ4v) is 4.82. The fourth-order valence-electron chi connectivity index (χ4n) is 4.39. The molecule has 1 saturated heterocycles. The van der Waals surface area contributed by atoms with Gasteiger partial charge in [-0.05, 0) is 36.0 Å². The van der Waals surface area contributed by atoms with Gasteiger partial charge in [0, 0.05) is 38.2 Å². The Labute approximate surface area is 183 Å². The third-order valence-electron chi connectivity index (χ3n) is 6.13. The van der Waals surface area contributed by atoms with Gasteiger partial charge in [-0.2, -0.15) is 0 Å². The second-order valence-electron chi connectivity index (χ2n) is 8.20. The molecule has 1 atom stereocenters. The molecule has 1 fully saturated rings. The van der Waals surface area contributed by atoms with Gasteiger partial charge in [0.05, 0.1) is 6.04 Å². The van der Waals surface area contributed by atoms with Crippen LogP contribution in [0.3, 0.4) is 0 Å². The molecule has 5 rings (SSSR count). The summed E-state index contributed by atoms with van der Waals surface area (Å²) in [6, 6.07) is 10.4. The number of aromatic nitrogens is 2. The Morgan fingerprint density at radius 3 is 2.70 bits per heavy atom. The number of allylic oxidation sites excluding steroid dienone is 1. The van der Waals surface area contributed by atoms with Crippen molar-refractivity contribution in [3.63, 3.8) is 0 Å². The van der Waals surface area contributed by atoms with Crippen molar-refractivity contribution in [2.24, 2.45) is 0 Å². The van der Waals surface area contributed by atoms with E-state index in [1.807, 2.05) is 12.1 Å². The van der Waals surface area contributed by atoms with E-state index in [9.17, 15) is 4.79 Å². The van der Waals surface area contributed by atoms with Crippen molar-refractivity contribution in [2.75, 3.05) is 33.2 Å². The molecule has 0 amide bonds. The molecule has 6 nitrogen and oxygen atoms in total. The SMILES string of the molecule is CN1CCN(C(Cc2ccccc2)c2nc3c4c(oc3c(=O)[nH]2)CCC(Br)=C4)CC1. The summed E-state index contributed by atoms with van der Waals surface area (Å²) in [5.41, 5.74) is 2.99. The van der Waals surface area contributed by atoms with Crippen molar-refractivity contribution in [2.45, 2.75) is 25.3 Å². The highest BCUT2D eigenvalue weighted by Gasteiger charge is 2.28. The van der Waals surface area contributed by atoms with Crippen molar-refractivity contribution < 1.29 is 4.42 Å². The number of rotatable bonds is 4. The number of hydrogen-bond donors (Lipinski definition) is 1. The molecule has 0 spiro atoms. The highest BCUT2D eigenvalue weighted by Crippen LogP contribution is 2.34. The van der Waals surface area contributed by atoms with Crippen LogP contribution in [0.4, 0.5) is 0 Å². The van der Waals surface area contributed by atoms with Crippen LogP contribution in [0.2, 0.25) is 0 Å². The van der Waals surface area contributed by atoms with Gasteiger partial charge in [0.1, 0.15) is 17.1 Å². The fraction of sp³-hybridized carbons (Fsp3) is 0.391. The van der Waals surface area contributed by atoms with Crippen molar-refractivity contribution in [1.29, 1.82) is 0 Å². The average Bonchev–Trinajstić information content (AvgIpc) is 3.12. The summed E-state index contributed by atoms with van der Waals surface area (Å²) in [6.45, 7) is 3.92. The maximum absolute atomic E-state index is 12.9. The monoisotopic (exact) mass is 468 g/mol. The number of aromatic amines is 1. The van der Waals surface area contributed by atoms with Crippen molar-refractivity contribution in [3.8, 4) is 0 Å². The van der Waals surface area contributed by atoms with Crippen LogP contribution in [0.25, 0.3) is 17.2 Å². The number of benzene rings is 1. The number of H-pyrrole nitrogens is 1. The van der Waals surface area contributed by atoms with Crippen molar-refractivity contribution in [3.05, 3.63) is 67.9 Å². The smallest absolute Gasteiger partial charge is 0.294 e. The lowest BCUT2D eigenvalue weighted by Crippen LogP contribution is -2.47. The van der Waals surface area contributed by atoms with Crippen LogP contribution in [-0.2, 0) is 12.8 Å². The van der Waals surface area contributed by atoms with Gasteiger partial charge >= 0.3 is 0 Å². The molecule has 1 aliphatic heterocycles. The zero-order valence-electron chi connectivity index (χ0n) is 17.0. The van der Waals surface area contributed by atoms with E-state index in [0.29, 0.717) is 11.1 Å². The third-order valence-corrected chi connectivity index (χ3v) is 6.76. The summed E-state index contributed by atoms with van der Waals surface area (Å²) >= 11 is 3.60. The van der Waals surface area contributed by atoms with Crippen molar-refractivity contribution >= 4 is 33.1 Å². The third kappa shape index (κ3) is 3.77. The van der Waals surface area contributed by atoms with Gasteiger partial charge in [0.15, 0.2) is 0 Å². The van der Waals surface area contributed by atoms with Gasteiger partial charge < -0.3 is 14.3 Å². The lowest BCUT2D eigenvalue weighted by atomic mass is 10.0. The molecule has 1 aliphatic carbocycles. The maximum atomic E-state index is 12.9. The van der Waals surface area contributed by atoms with Crippen LogP contribution >= 0.6 is 15.9 Å². The average molecular weight is 469 g/mol. The lowest BCUT2D eigenvalue weighted by Gasteiger charge is -2.37. The zero-order valence-corrected chi connectivity index (χ0v) is 18.6. The molecular formula is C23H25BrN4O2. The quantitative estimate of drug-likeness (QED) is 0.631. The van der Waals surface area contributed by atoms with Crippen LogP contribution in [0.5, 0.6) is 0 Å². The Hall–Kier alpha value is -2.22. The molecule has 1 N–H and O–H groups in total. The first-order chi connectivity index (χ1) is 14.6. The molecule has 3 aromatic rings. The Bertz CT molecular complexity index is 1140. The number of hydrogen-bond acceptors (Lipinski definition) is 5. The van der Waals surface area contributed by atoms with Crippen LogP contribution in [0.1, 0.15) is 35.2 Å². The largest absolute Gasteiger partial charge is 0.453 e. The van der Waals surface area contributed by atoms with Gasteiger partial charge in [0.2, 0.25) is 5.58 Å². The molecule has 2 aliphatic rings. The number of furan rings is 1. The number of aryl methyl sites for hydroxylation is 1. The summed E-state index contributed by atoms with van der Waals surface area (Å²) in [7, 11) is 2.15. The Kier molecular flexibility index (Phi) is 5.35. The Morgan fingerprint density at radius 2 is 1.93 bits per heavy atom. The van der Waals surface area contributed by atoms with Crippen LogP contribution in [-0.4, -0.2) is 53.0 Å². The number of likely N-dealkylation sites (N-methyl/N-ethyl adjacent to an activating group) is 1. The number of halogens is 1. The topological polar surface area (TPSA) is 65.4 Å². The van der Waals surface area contributed by atoms with E-state index in [2.05, 4.69) is 62.0 Å². The van der Waals surface area contributed by atoms with Crippen molar-refractivity contribution in [1.82, 2.24) is 19.8 Å². The number of piperazine rings is 1. The first-order valence-electron chi connectivity index (χ1n) is 10.5. The summed E-state index contributed by atoms with van der Waals surface area (Å²) in [6.07, 6.45) is 4.51. The lowest BCUT2D eigenvalue weighted by molar-refractivity contribution is 0.107. The minimum absolute atomic E-state index is 0.0137. The van der Waals surface area contributed by atoms with Crippen LogP contribution in [0, 0.1) is 0 Å². The van der Waals surface area contributed by atoms with E-state index in [-0.39, 0.29) is 11.6 Å².